The Bertz CT molecular complexity index is 971. The predicted octanol–water partition coefficient (Wildman–Crippen LogP) is 2.81. The van der Waals surface area contributed by atoms with Crippen LogP contribution < -0.4 is 10.1 Å². The molecule has 170 valence electrons. The van der Waals surface area contributed by atoms with Gasteiger partial charge in [0.2, 0.25) is 15.9 Å². The molecular formula is C21H28FN3O5S. The topological polar surface area (TPSA) is 102 Å². The number of carbonyl (C=O) groups excluding carboxylic acids is 1. The van der Waals surface area contributed by atoms with E-state index in [1.54, 1.807) is 26.0 Å². The van der Waals surface area contributed by atoms with Gasteiger partial charge in [0.1, 0.15) is 22.2 Å². The monoisotopic (exact) mass is 453 g/mol. The third kappa shape index (κ3) is 5.82. The third-order valence-electron chi connectivity index (χ3n) is 5.27. The number of carbonyl (C=O) groups is 1. The second-order valence-corrected chi connectivity index (χ2v) is 9.53. The summed E-state index contributed by atoms with van der Waals surface area (Å²) in [7, 11) is -3.75. The first kappa shape index (κ1) is 23.2. The fourth-order valence-electron chi connectivity index (χ4n) is 3.65. The summed E-state index contributed by atoms with van der Waals surface area (Å²) in [5.41, 5.74) is 0.326. The lowest BCUT2D eigenvalue weighted by Gasteiger charge is -2.31. The SMILES string of the molecule is Cc1noc(C)c1S(=O)(=O)N1CCCC(C(=O)NCCCCOc2ccc(F)cc2)C1. The zero-order chi connectivity index (χ0) is 22.4. The molecule has 1 aliphatic heterocycles. The fraction of sp³-hybridized carbons (Fsp3) is 0.524. The van der Waals surface area contributed by atoms with Gasteiger partial charge in [0.05, 0.1) is 12.5 Å². The lowest BCUT2D eigenvalue weighted by molar-refractivity contribution is -0.126. The Morgan fingerprint density at radius 3 is 2.71 bits per heavy atom. The Balaban J connectivity index is 1.43. The van der Waals surface area contributed by atoms with Crippen LogP contribution in [0.15, 0.2) is 33.7 Å². The average Bonchev–Trinajstić information content (AvgIpc) is 3.10. The van der Waals surface area contributed by atoms with E-state index in [-0.39, 0.29) is 34.8 Å². The summed E-state index contributed by atoms with van der Waals surface area (Å²) in [5.74, 6) is 0.0209. The molecule has 8 nitrogen and oxygen atoms in total. The number of hydrogen-bond acceptors (Lipinski definition) is 6. The zero-order valence-electron chi connectivity index (χ0n) is 17.8. The van der Waals surface area contributed by atoms with Gasteiger partial charge in [-0.05, 0) is 63.8 Å². The van der Waals surface area contributed by atoms with Gasteiger partial charge in [-0.3, -0.25) is 4.79 Å². The molecule has 1 aliphatic rings. The molecule has 1 N–H and O–H groups in total. The van der Waals surface area contributed by atoms with Crippen molar-refractivity contribution in [2.75, 3.05) is 26.2 Å². The number of sulfonamides is 1. The van der Waals surface area contributed by atoms with Crippen LogP contribution in [-0.4, -0.2) is 50.0 Å². The minimum Gasteiger partial charge on any atom is -0.494 e. The highest BCUT2D eigenvalue weighted by Crippen LogP contribution is 2.27. The minimum absolute atomic E-state index is 0.0923. The highest BCUT2D eigenvalue weighted by atomic mass is 32.2. The number of halogens is 1. The molecule has 0 saturated carbocycles. The predicted molar refractivity (Wildman–Crippen MR) is 112 cm³/mol. The molecular weight excluding hydrogens is 425 g/mol. The number of rotatable bonds is 9. The van der Waals surface area contributed by atoms with Crippen molar-refractivity contribution in [3.63, 3.8) is 0 Å². The largest absolute Gasteiger partial charge is 0.494 e. The van der Waals surface area contributed by atoms with Gasteiger partial charge < -0.3 is 14.6 Å². The molecule has 0 bridgehead atoms. The summed E-state index contributed by atoms with van der Waals surface area (Å²) >= 11 is 0. The standard InChI is InChI=1S/C21H28FN3O5S/c1-15-20(16(2)30-24-15)31(27,28)25-12-5-6-17(14-25)21(26)23-11-3-4-13-29-19-9-7-18(22)8-10-19/h7-10,17H,3-6,11-14H2,1-2H3,(H,23,26). The summed E-state index contributed by atoms with van der Waals surface area (Å²) in [4.78, 5) is 12.6. The third-order valence-corrected chi connectivity index (χ3v) is 7.38. The number of hydrogen-bond donors (Lipinski definition) is 1. The van der Waals surface area contributed by atoms with Crippen LogP contribution in [0.4, 0.5) is 4.39 Å². The first-order valence-electron chi connectivity index (χ1n) is 10.4. The van der Waals surface area contributed by atoms with Gasteiger partial charge >= 0.3 is 0 Å². The molecule has 2 heterocycles. The van der Waals surface area contributed by atoms with Crippen molar-refractivity contribution in [3.05, 3.63) is 41.5 Å². The van der Waals surface area contributed by atoms with Crippen LogP contribution in [-0.2, 0) is 14.8 Å². The van der Waals surface area contributed by atoms with Crippen LogP contribution >= 0.6 is 0 Å². The lowest BCUT2D eigenvalue weighted by atomic mass is 9.99. The maximum Gasteiger partial charge on any atom is 0.248 e. The van der Waals surface area contributed by atoms with Gasteiger partial charge in [-0.25, -0.2) is 12.8 Å². The van der Waals surface area contributed by atoms with E-state index in [0.29, 0.717) is 44.0 Å². The summed E-state index contributed by atoms with van der Waals surface area (Å²) in [6, 6.07) is 5.83. The normalized spacial score (nSPS) is 17.5. The molecule has 1 aromatic heterocycles. The lowest BCUT2D eigenvalue weighted by Crippen LogP contribution is -2.45. The Labute approximate surface area is 181 Å². The van der Waals surface area contributed by atoms with Crippen molar-refractivity contribution >= 4 is 15.9 Å². The Hall–Kier alpha value is -2.46. The van der Waals surface area contributed by atoms with Gasteiger partial charge in [0, 0.05) is 19.6 Å². The molecule has 10 heteroatoms. The van der Waals surface area contributed by atoms with Crippen LogP contribution in [0, 0.1) is 25.6 Å². The van der Waals surface area contributed by atoms with E-state index in [0.717, 1.165) is 12.8 Å². The molecule has 0 aliphatic carbocycles. The Morgan fingerprint density at radius 1 is 1.29 bits per heavy atom. The number of amides is 1. The smallest absolute Gasteiger partial charge is 0.248 e. The van der Waals surface area contributed by atoms with Crippen LogP contribution in [0.25, 0.3) is 0 Å². The summed E-state index contributed by atoms with van der Waals surface area (Å²) in [6.45, 7) is 4.63. The summed E-state index contributed by atoms with van der Waals surface area (Å²) in [5, 5.41) is 6.62. The van der Waals surface area contributed by atoms with E-state index in [1.165, 1.54) is 16.4 Å². The number of aryl methyl sites for hydroxylation is 2. The fourth-order valence-corrected chi connectivity index (χ4v) is 5.47. The Morgan fingerprint density at radius 2 is 2.03 bits per heavy atom. The van der Waals surface area contributed by atoms with Crippen molar-refractivity contribution in [1.82, 2.24) is 14.8 Å². The van der Waals surface area contributed by atoms with E-state index < -0.39 is 10.0 Å². The first-order chi connectivity index (χ1) is 14.8. The molecule has 0 radical (unpaired) electrons. The van der Waals surface area contributed by atoms with Crippen LogP contribution in [0.2, 0.25) is 0 Å². The zero-order valence-corrected chi connectivity index (χ0v) is 18.6. The number of nitrogens with one attached hydrogen (secondary N) is 1. The van der Waals surface area contributed by atoms with Crippen molar-refractivity contribution in [2.45, 2.75) is 44.4 Å². The van der Waals surface area contributed by atoms with E-state index in [4.69, 9.17) is 9.26 Å². The minimum atomic E-state index is -3.75. The van der Waals surface area contributed by atoms with Gasteiger partial charge in [0.25, 0.3) is 0 Å². The van der Waals surface area contributed by atoms with Gasteiger partial charge in [-0.1, -0.05) is 5.16 Å². The van der Waals surface area contributed by atoms with Gasteiger partial charge in [0.15, 0.2) is 5.76 Å². The number of aromatic nitrogens is 1. The van der Waals surface area contributed by atoms with Crippen molar-refractivity contribution < 1.29 is 26.9 Å². The Kier molecular flexibility index (Phi) is 7.66. The number of nitrogens with zero attached hydrogens (tertiary/aromatic N) is 2. The van der Waals surface area contributed by atoms with Crippen LogP contribution in [0.1, 0.15) is 37.1 Å². The van der Waals surface area contributed by atoms with Crippen molar-refractivity contribution in [1.29, 1.82) is 0 Å². The van der Waals surface area contributed by atoms with Gasteiger partial charge in [-0.2, -0.15) is 4.31 Å². The second kappa shape index (κ2) is 10.2. The number of unbranched alkanes of at least 4 members (excludes halogenated alkanes) is 1. The highest BCUT2D eigenvalue weighted by Gasteiger charge is 2.36. The average molecular weight is 454 g/mol. The molecule has 2 aromatic rings. The van der Waals surface area contributed by atoms with Crippen LogP contribution in [0.3, 0.4) is 0 Å². The number of piperidine rings is 1. The molecule has 1 saturated heterocycles. The number of benzene rings is 1. The molecule has 1 fully saturated rings. The molecule has 1 unspecified atom stereocenters. The molecule has 0 spiro atoms. The molecule has 1 aromatic carbocycles. The van der Waals surface area contributed by atoms with Crippen molar-refractivity contribution in [2.24, 2.45) is 5.92 Å². The van der Waals surface area contributed by atoms with Crippen molar-refractivity contribution in [3.8, 4) is 5.75 Å². The first-order valence-corrected chi connectivity index (χ1v) is 11.8. The molecule has 3 rings (SSSR count). The quantitative estimate of drug-likeness (QED) is 0.586. The van der Waals surface area contributed by atoms with E-state index in [1.807, 2.05) is 0 Å². The number of ether oxygens (including phenoxy) is 1. The van der Waals surface area contributed by atoms with E-state index in [2.05, 4.69) is 10.5 Å². The second-order valence-electron chi connectivity index (χ2n) is 7.66. The highest BCUT2D eigenvalue weighted by molar-refractivity contribution is 7.89. The molecule has 1 amide bonds. The maximum atomic E-state index is 13.0. The summed E-state index contributed by atoms with van der Waals surface area (Å²) < 4.78 is 50.7. The molecule has 31 heavy (non-hydrogen) atoms. The van der Waals surface area contributed by atoms with E-state index >= 15 is 0 Å². The maximum absolute atomic E-state index is 13.0. The van der Waals surface area contributed by atoms with E-state index in [9.17, 15) is 17.6 Å². The molecule has 1 atom stereocenters. The van der Waals surface area contributed by atoms with Crippen LogP contribution in [0.5, 0.6) is 5.75 Å². The van der Waals surface area contributed by atoms with Gasteiger partial charge in [-0.15, -0.1) is 0 Å². The summed E-state index contributed by atoms with van der Waals surface area (Å²) in [6.07, 6.45) is 2.72.